The van der Waals surface area contributed by atoms with Gasteiger partial charge in [0.15, 0.2) is 0 Å². The van der Waals surface area contributed by atoms with E-state index in [1.165, 1.54) is 0 Å². The van der Waals surface area contributed by atoms with Crippen molar-refractivity contribution in [2.45, 2.75) is 6.92 Å². The first kappa shape index (κ1) is 17.5. The number of hydrogen-bond acceptors (Lipinski definition) is 5. The van der Waals surface area contributed by atoms with Gasteiger partial charge in [-0.1, -0.05) is 0 Å². The summed E-state index contributed by atoms with van der Waals surface area (Å²) < 4.78 is 2.03. The van der Waals surface area contributed by atoms with Crippen LogP contribution >= 0.6 is 0 Å². The number of rotatable bonds is 3. The second-order valence-corrected chi connectivity index (χ2v) is 7.50. The molecular formula is C23H18N8. The van der Waals surface area contributed by atoms with E-state index in [4.69, 9.17) is 0 Å². The first-order chi connectivity index (χ1) is 15.2. The normalized spacial score (nSPS) is 11.5. The second kappa shape index (κ2) is 6.60. The molecule has 0 saturated carbocycles. The van der Waals surface area contributed by atoms with E-state index in [1.807, 2.05) is 55.5 Å². The summed E-state index contributed by atoms with van der Waals surface area (Å²) in [4.78, 5) is 21.0. The number of fused-ring (bicyclic) bond motifs is 2. The van der Waals surface area contributed by atoms with Crippen LogP contribution in [0.15, 0.2) is 61.4 Å². The molecule has 6 rings (SSSR count). The zero-order valence-electron chi connectivity index (χ0n) is 17.0. The Kier molecular flexibility index (Phi) is 3.73. The average molecular weight is 406 g/mol. The lowest BCUT2D eigenvalue weighted by molar-refractivity contribution is 0.862. The van der Waals surface area contributed by atoms with Crippen LogP contribution in [0.4, 0.5) is 0 Å². The summed E-state index contributed by atoms with van der Waals surface area (Å²) >= 11 is 0. The zero-order valence-corrected chi connectivity index (χ0v) is 17.0. The number of aromatic nitrogens is 8. The molecule has 0 unspecified atom stereocenters. The van der Waals surface area contributed by atoms with Crippen LogP contribution in [0.3, 0.4) is 0 Å². The summed E-state index contributed by atoms with van der Waals surface area (Å²) in [5.74, 6) is 0.941. The first-order valence-corrected chi connectivity index (χ1v) is 9.89. The summed E-state index contributed by atoms with van der Waals surface area (Å²) in [7, 11) is 1.99. The van der Waals surface area contributed by atoms with Crippen molar-refractivity contribution >= 4 is 21.8 Å². The van der Waals surface area contributed by atoms with Crippen LogP contribution in [-0.2, 0) is 7.05 Å². The highest BCUT2D eigenvalue weighted by atomic mass is 15.1. The Bertz CT molecular complexity index is 1560. The van der Waals surface area contributed by atoms with Gasteiger partial charge in [0.05, 0.1) is 46.7 Å². The standard InChI is InChI=1S/C23H18N8/c1-13-26-12-22(31(13)2)18-8-16-21(11-27-18)29-30-23(16)19-7-15-17(9-25-10-20(15)28-19)14-3-5-24-6-4-14/h3-12,28H,1-2H3,(H,29,30). The molecule has 31 heavy (non-hydrogen) atoms. The van der Waals surface area contributed by atoms with E-state index >= 15 is 0 Å². The van der Waals surface area contributed by atoms with Gasteiger partial charge in [-0.2, -0.15) is 5.10 Å². The van der Waals surface area contributed by atoms with Crippen molar-refractivity contribution in [1.82, 2.24) is 39.7 Å². The lowest BCUT2D eigenvalue weighted by atomic mass is 10.1. The molecule has 0 aliphatic carbocycles. The van der Waals surface area contributed by atoms with Crippen molar-refractivity contribution < 1.29 is 0 Å². The van der Waals surface area contributed by atoms with E-state index < -0.39 is 0 Å². The predicted molar refractivity (Wildman–Crippen MR) is 119 cm³/mol. The molecule has 0 aliphatic heterocycles. The SMILES string of the molecule is Cc1ncc(-c2cc3c(-c4cc5c(-c6ccncc6)cncc5[nH]4)n[nH]c3cn2)n1C. The van der Waals surface area contributed by atoms with Crippen LogP contribution in [0, 0.1) is 6.92 Å². The summed E-state index contributed by atoms with van der Waals surface area (Å²) in [6.45, 7) is 1.98. The van der Waals surface area contributed by atoms with E-state index in [2.05, 4.69) is 47.2 Å². The molecule has 2 N–H and O–H groups in total. The molecule has 8 heteroatoms. The highest BCUT2D eigenvalue weighted by Gasteiger charge is 2.16. The Labute approximate surface area is 177 Å². The lowest BCUT2D eigenvalue weighted by Gasteiger charge is -2.03. The largest absolute Gasteiger partial charge is 0.352 e. The van der Waals surface area contributed by atoms with E-state index in [9.17, 15) is 0 Å². The van der Waals surface area contributed by atoms with E-state index in [-0.39, 0.29) is 0 Å². The van der Waals surface area contributed by atoms with Crippen molar-refractivity contribution in [1.29, 1.82) is 0 Å². The third-order valence-corrected chi connectivity index (χ3v) is 5.72. The molecular weight excluding hydrogens is 388 g/mol. The van der Waals surface area contributed by atoms with E-state index in [0.717, 1.165) is 61.5 Å². The van der Waals surface area contributed by atoms with Crippen molar-refractivity contribution in [3.8, 4) is 33.9 Å². The number of hydrogen-bond donors (Lipinski definition) is 2. The Morgan fingerprint density at radius 3 is 2.55 bits per heavy atom. The third-order valence-electron chi connectivity index (χ3n) is 5.72. The topological polar surface area (TPSA) is 101 Å². The zero-order chi connectivity index (χ0) is 20.9. The number of imidazole rings is 1. The molecule has 0 aromatic carbocycles. The van der Waals surface area contributed by atoms with Crippen molar-refractivity contribution in [3.05, 3.63) is 67.3 Å². The van der Waals surface area contributed by atoms with Crippen LogP contribution in [0.25, 0.3) is 55.7 Å². The molecule has 0 spiro atoms. The third kappa shape index (κ3) is 2.72. The van der Waals surface area contributed by atoms with Crippen LogP contribution in [-0.4, -0.2) is 39.7 Å². The second-order valence-electron chi connectivity index (χ2n) is 7.50. The summed E-state index contributed by atoms with van der Waals surface area (Å²) in [6.07, 6.45) is 11.0. The van der Waals surface area contributed by atoms with Gasteiger partial charge in [-0.3, -0.25) is 20.1 Å². The van der Waals surface area contributed by atoms with Crippen LogP contribution in [0.1, 0.15) is 5.82 Å². The lowest BCUT2D eigenvalue weighted by Crippen LogP contribution is -1.95. The number of aromatic amines is 2. The highest BCUT2D eigenvalue weighted by molar-refractivity contribution is 6.00. The molecule has 6 aromatic rings. The maximum Gasteiger partial charge on any atom is 0.116 e. The van der Waals surface area contributed by atoms with Crippen molar-refractivity contribution in [3.63, 3.8) is 0 Å². The average Bonchev–Trinajstić information content (AvgIpc) is 3.50. The van der Waals surface area contributed by atoms with Crippen LogP contribution in [0.2, 0.25) is 0 Å². The van der Waals surface area contributed by atoms with Gasteiger partial charge in [-0.15, -0.1) is 0 Å². The molecule has 0 saturated heterocycles. The minimum atomic E-state index is 0.842. The fraction of sp³-hybridized carbons (Fsp3) is 0.0870. The van der Waals surface area contributed by atoms with Gasteiger partial charge in [-0.25, -0.2) is 4.98 Å². The number of nitrogens with zero attached hydrogens (tertiary/aromatic N) is 6. The summed E-state index contributed by atoms with van der Waals surface area (Å²) in [6, 6.07) is 8.15. The minimum absolute atomic E-state index is 0.842. The van der Waals surface area contributed by atoms with Gasteiger partial charge in [0.2, 0.25) is 0 Å². The molecule has 0 fully saturated rings. The molecule has 6 aromatic heterocycles. The minimum Gasteiger partial charge on any atom is -0.352 e. The number of H-pyrrole nitrogens is 2. The van der Waals surface area contributed by atoms with Gasteiger partial charge in [0, 0.05) is 42.0 Å². The van der Waals surface area contributed by atoms with Crippen molar-refractivity contribution in [2.24, 2.45) is 7.05 Å². The van der Waals surface area contributed by atoms with Crippen molar-refractivity contribution in [2.75, 3.05) is 0 Å². The Morgan fingerprint density at radius 2 is 1.74 bits per heavy atom. The molecule has 150 valence electrons. The van der Waals surface area contributed by atoms with Gasteiger partial charge < -0.3 is 9.55 Å². The Morgan fingerprint density at radius 1 is 0.871 bits per heavy atom. The van der Waals surface area contributed by atoms with Gasteiger partial charge in [0.25, 0.3) is 0 Å². The molecule has 0 aliphatic rings. The fourth-order valence-corrected chi connectivity index (χ4v) is 3.94. The summed E-state index contributed by atoms with van der Waals surface area (Å²) in [5, 5.41) is 9.75. The van der Waals surface area contributed by atoms with E-state index in [1.54, 1.807) is 12.4 Å². The Balaban J connectivity index is 1.52. The molecule has 0 amide bonds. The van der Waals surface area contributed by atoms with Crippen LogP contribution in [0.5, 0.6) is 0 Å². The summed E-state index contributed by atoms with van der Waals surface area (Å²) in [5.41, 5.74) is 7.54. The number of nitrogens with one attached hydrogen (secondary N) is 2. The molecule has 6 heterocycles. The maximum atomic E-state index is 4.60. The smallest absolute Gasteiger partial charge is 0.116 e. The molecule has 0 radical (unpaired) electrons. The first-order valence-electron chi connectivity index (χ1n) is 9.89. The monoisotopic (exact) mass is 406 g/mol. The molecule has 0 atom stereocenters. The quantitative estimate of drug-likeness (QED) is 0.457. The fourth-order valence-electron chi connectivity index (χ4n) is 3.94. The molecule has 0 bridgehead atoms. The van der Waals surface area contributed by atoms with Gasteiger partial charge in [-0.05, 0) is 36.8 Å². The van der Waals surface area contributed by atoms with Crippen LogP contribution < -0.4 is 0 Å². The number of aryl methyl sites for hydroxylation is 1. The number of pyridine rings is 3. The van der Waals surface area contributed by atoms with E-state index in [0.29, 0.717) is 0 Å². The Hall–Kier alpha value is -4.33. The highest BCUT2D eigenvalue weighted by Crippen LogP contribution is 2.34. The maximum absolute atomic E-state index is 4.60. The van der Waals surface area contributed by atoms with Gasteiger partial charge >= 0.3 is 0 Å². The molecule has 8 nitrogen and oxygen atoms in total. The van der Waals surface area contributed by atoms with Gasteiger partial charge in [0.1, 0.15) is 11.5 Å². The predicted octanol–water partition coefficient (Wildman–Crippen LogP) is 4.27.